The fraction of sp³-hybridized carbons (Fsp3) is 0.519. The smallest absolute Gasteiger partial charge is 0.411 e. The molecule has 35 heavy (non-hydrogen) atoms. The number of pyridine rings is 1. The molecule has 2 heterocycles. The average Bonchev–Trinajstić information content (AvgIpc) is 2.81. The third-order valence-electron chi connectivity index (χ3n) is 6.03. The molecule has 0 unspecified atom stereocenters. The number of aryl methyl sites for hydroxylation is 1. The van der Waals surface area contributed by atoms with Crippen LogP contribution in [0.2, 0.25) is 0 Å². The molecule has 0 N–H and O–H groups in total. The van der Waals surface area contributed by atoms with Gasteiger partial charge in [0.1, 0.15) is 23.8 Å². The molecule has 3 rings (SSSR count). The Morgan fingerprint density at radius 1 is 1.20 bits per heavy atom. The van der Waals surface area contributed by atoms with Crippen LogP contribution in [0.5, 0.6) is 11.5 Å². The van der Waals surface area contributed by atoms with Crippen LogP contribution in [0.1, 0.15) is 63.2 Å². The Morgan fingerprint density at radius 3 is 2.60 bits per heavy atom. The van der Waals surface area contributed by atoms with E-state index in [9.17, 15) is 9.59 Å². The molecule has 0 saturated carbocycles. The summed E-state index contributed by atoms with van der Waals surface area (Å²) in [5.74, 6) is 0.998. The lowest BCUT2D eigenvalue weighted by atomic mass is 9.86. The number of carbonyl (C=O) groups excluding carboxylic acids is 2. The molecule has 1 amide bonds. The fourth-order valence-corrected chi connectivity index (χ4v) is 4.31. The molecule has 0 aliphatic carbocycles. The van der Waals surface area contributed by atoms with Gasteiger partial charge < -0.3 is 23.8 Å². The molecule has 1 atom stereocenters. The number of ether oxygens (including phenoxy) is 4. The van der Waals surface area contributed by atoms with E-state index >= 15 is 0 Å². The number of aromatic nitrogens is 1. The van der Waals surface area contributed by atoms with Gasteiger partial charge in [0.2, 0.25) is 5.60 Å². The van der Waals surface area contributed by atoms with Gasteiger partial charge in [-0.15, -0.1) is 0 Å². The summed E-state index contributed by atoms with van der Waals surface area (Å²) in [5, 5.41) is 0. The van der Waals surface area contributed by atoms with E-state index in [1.54, 1.807) is 32.8 Å². The maximum Gasteiger partial charge on any atom is 0.411 e. The summed E-state index contributed by atoms with van der Waals surface area (Å²) in [7, 11) is 1.62. The largest absolute Gasteiger partial charge is 0.495 e. The van der Waals surface area contributed by atoms with Crippen LogP contribution in [-0.4, -0.2) is 47.8 Å². The number of nitrogens with zero attached hydrogens (tertiary/aromatic N) is 2. The van der Waals surface area contributed by atoms with Crippen molar-refractivity contribution < 1.29 is 28.5 Å². The quantitative estimate of drug-likeness (QED) is 0.487. The van der Waals surface area contributed by atoms with Gasteiger partial charge in [0, 0.05) is 12.2 Å². The van der Waals surface area contributed by atoms with Crippen LogP contribution in [0.25, 0.3) is 0 Å². The van der Waals surface area contributed by atoms with Gasteiger partial charge in [0.15, 0.2) is 0 Å². The average molecular weight is 485 g/mol. The Kier molecular flexibility index (Phi) is 8.25. The van der Waals surface area contributed by atoms with Crippen molar-refractivity contribution in [2.75, 3.05) is 20.3 Å². The maximum absolute atomic E-state index is 13.1. The van der Waals surface area contributed by atoms with Crippen molar-refractivity contribution >= 4 is 12.1 Å². The number of rotatable bonds is 8. The minimum Gasteiger partial charge on any atom is -0.495 e. The Hall–Kier alpha value is -3.29. The molecule has 2 aromatic rings. The first-order valence-electron chi connectivity index (χ1n) is 12.0. The second-order valence-corrected chi connectivity index (χ2v) is 9.48. The van der Waals surface area contributed by atoms with Crippen molar-refractivity contribution in [1.29, 1.82) is 0 Å². The maximum atomic E-state index is 13.1. The van der Waals surface area contributed by atoms with E-state index in [4.69, 9.17) is 18.9 Å². The fourth-order valence-electron chi connectivity index (χ4n) is 4.31. The number of esters is 1. The SMILES string of the molecule is CCOC(=O)C(C)(C)OC(=O)N1CCc2cc(OCc3nc(C)ccc3OC)ccc2[C@@H]1C(C)C. The summed E-state index contributed by atoms with van der Waals surface area (Å²) in [5.41, 5.74) is 2.45. The van der Waals surface area contributed by atoms with E-state index in [0.29, 0.717) is 25.3 Å². The molecule has 1 aliphatic rings. The zero-order chi connectivity index (χ0) is 25.8. The minimum atomic E-state index is -1.36. The minimum absolute atomic E-state index is 0.139. The molecular weight excluding hydrogens is 448 g/mol. The second-order valence-electron chi connectivity index (χ2n) is 9.48. The Balaban J connectivity index is 1.77. The Morgan fingerprint density at radius 2 is 1.94 bits per heavy atom. The van der Waals surface area contributed by atoms with Crippen LogP contribution in [0.4, 0.5) is 4.79 Å². The van der Waals surface area contributed by atoms with E-state index < -0.39 is 17.7 Å². The number of carbonyl (C=O) groups is 2. The van der Waals surface area contributed by atoms with Crippen LogP contribution in [0.3, 0.4) is 0 Å². The number of benzene rings is 1. The Labute approximate surface area is 207 Å². The first kappa shape index (κ1) is 26.3. The third kappa shape index (κ3) is 6.05. The normalized spacial score (nSPS) is 15.4. The zero-order valence-electron chi connectivity index (χ0n) is 21.7. The van der Waals surface area contributed by atoms with E-state index in [1.807, 2.05) is 37.3 Å². The van der Waals surface area contributed by atoms with Crippen LogP contribution in [0, 0.1) is 12.8 Å². The number of hydrogen-bond acceptors (Lipinski definition) is 7. The zero-order valence-corrected chi connectivity index (χ0v) is 21.7. The molecule has 0 saturated heterocycles. The lowest BCUT2D eigenvalue weighted by Gasteiger charge is -2.40. The molecule has 0 bridgehead atoms. The van der Waals surface area contributed by atoms with Crippen LogP contribution >= 0.6 is 0 Å². The standard InChI is InChI=1S/C27H36N2O6/c1-8-33-25(30)27(5,6)35-26(31)29-14-13-19-15-20(10-11-21(19)24(29)17(2)3)34-16-22-23(32-7)12-9-18(4)28-22/h9-12,15,17,24H,8,13-14,16H2,1-7H3/t24-/m0/s1. The highest BCUT2D eigenvalue weighted by molar-refractivity contribution is 5.82. The molecule has 1 aliphatic heterocycles. The van der Waals surface area contributed by atoms with Crippen molar-refractivity contribution in [1.82, 2.24) is 9.88 Å². The first-order chi connectivity index (χ1) is 16.6. The lowest BCUT2D eigenvalue weighted by Crippen LogP contribution is -2.47. The monoisotopic (exact) mass is 484 g/mol. The summed E-state index contributed by atoms with van der Waals surface area (Å²) in [6, 6.07) is 9.55. The number of fused-ring (bicyclic) bond motifs is 1. The summed E-state index contributed by atoms with van der Waals surface area (Å²) in [4.78, 5) is 31.6. The van der Waals surface area contributed by atoms with E-state index in [2.05, 4.69) is 18.8 Å². The molecule has 1 aromatic carbocycles. The predicted octanol–water partition coefficient (Wildman–Crippen LogP) is 5.01. The van der Waals surface area contributed by atoms with Crippen molar-refractivity contribution in [2.24, 2.45) is 5.92 Å². The van der Waals surface area contributed by atoms with Crippen LogP contribution in [-0.2, 0) is 27.3 Å². The summed E-state index contributed by atoms with van der Waals surface area (Å²) >= 11 is 0. The predicted molar refractivity (Wildman–Crippen MR) is 131 cm³/mol. The van der Waals surface area contributed by atoms with E-state index in [-0.39, 0.29) is 18.6 Å². The lowest BCUT2D eigenvalue weighted by molar-refractivity contribution is -0.162. The molecule has 1 aromatic heterocycles. The summed E-state index contributed by atoms with van der Waals surface area (Å²) in [6.07, 6.45) is 0.127. The number of methoxy groups -OCH3 is 1. The van der Waals surface area contributed by atoms with Gasteiger partial charge in [-0.05, 0) is 75.4 Å². The van der Waals surface area contributed by atoms with E-state index in [1.165, 1.54) is 0 Å². The highest BCUT2D eigenvalue weighted by Crippen LogP contribution is 2.38. The number of hydrogen-bond donors (Lipinski definition) is 0. The van der Waals surface area contributed by atoms with Crippen molar-refractivity contribution in [3.63, 3.8) is 0 Å². The van der Waals surface area contributed by atoms with Crippen LogP contribution < -0.4 is 9.47 Å². The van der Waals surface area contributed by atoms with Crippen molar-refractivity contribution in [3.8, 4) is 11.5 Å². The molecule has 0 radical (unpaired) electrons. The van der Waals surface area contributed by atoms with Gasteiger partial charge in [-0.25, -0.2) is 9.59 Å². The van der Waals surface area contributed by atoms with Crippen molar-refractivity contribution in [3.05, 3.63) is 52.8 Å². The molecule has 190 valence electrons. The molecule has 0 spiro atoms. The van der Waals surface area contributed by atoms with Gasteiger partial charge in [-0.1, -0.05) is 19.9 Å². The van der Waals surface area contributed by atoms with Gasteiger partial charge in [-0.3, -0.25) is 4.98 Å². The molecule has 8 heteroatoms. The molecule has 8 nitrogen and oxygen atoms in total. The summed E-state index contributed by atoms with van der Waals surface area (Å²) < 4.78 is 22.1. The van der Waals surface area contributed by atoms with E-state index in [0.717, 1.165) is 28.3 Å². The number of amides is 1. The molecule has 0 fully saturated rings. The molecular formula is C27H36N2O6. The Bertz CT molecular complexity index is 1070. The van der Waals surface area contributed by atoms with Gasteiger partial charge in [0.25, 0.3) is 0 Å². The highest BCUT2D eigenvalue weighted by atomic mass is 16.6. The van der Waals surface area contributed by atoms with Crippen molar-refractivity contribution in [2.45, 2.75) is 66.2 Å². The topological polar surface area (TPSA) is 87.2 Å². The first-order valence-corrected chi connectivity index (χ1v) is 12.0. The van der Waals surface area contributed by atoms with Gasteiger partial charge in [-0.2, -0.15) is 0 Å². The van der Waals surface area contributed by atoms with Gasteiger partial charge >= 0.3 is 12.1 Å². The van der Waals surface area contributed by atoms with Gasteiger partial charge in [0.05, 0.1) is 19.8 Å². The highest BCUT2D eigenvalue weighted by Gasteiger charge is 2.39. The second kappa shape index (κ2) is 11.0. The summed E-state index contributed by atoms with van der Waals surface area (Å²) in [6.45, 7) is 11.9. The third-order valence-corrected chi connectivity index (χ3v) is 6.03. The van der Waals surface area contributed by atoms with Crippen LogP contribution in [0.15, 0.2) is 30.3 Å².